The first kappa shape index (κ1) is 23.1. The zero-order valence-corrected chi connectivity index (χ0v) is 18.7. The predicted octanol–water partition coefficient (Wildman–Crippen LogP) is 2.63. The molecule has 2 aliphatic heterocycles. The monoisotopic (exact) mass is 435 g/mol. The maximum absolute atomic E-state index is 13.9. The topological polar surface area (TPSA) is 91.1 Å². The third kappa shape index (κ3) is 6.46. The summed E-state index contributed by atoms with van der Waals surface area (Å²) in [6, 6.07) is 4.70. The van der Waals surface area contributed by atoms with Gasteiger partial charge in [-0.3, -0.25) is 4.90 Å². The number of benzene rings is 1. The van der Waals surface area contributed by atoms with Gasteiger partial charge in [-0.1, -0.05) is 6.07 Å². The van der Waals surface area contributed by atoms with E-state index in [9.17, 15) is 14.0 Å². The summed E-state index contributed by atoms with van der Waals surface area (Å²) in [6.45, 7) is 10.0. The Morgan fingerprint density at radius 3 is 2.32 bits per heavy atom. The summed E-state index contributed by atoms with van der Waals surface area (Å²) in [5, 5.41) is 2.79. The van der Waals surface area contributed by atoms with Gasteiger partial charge in [0.05, 0.1) is 0 Å². The van der Waals surface area contributed by atoms with Crippen molar-refractivity contribution in [3.63, 3.8) is 0 Å². The summed E-state index contributed by atoms with van der Waals surface area (Å²) in [4.78, 5) is 30.6. The smallest absolute Gasteiger partial charge is 0.410 e. The standard InChI is InChI=1S/C22H34FN5O3/c1-22(2,3)31-21(30)28-12-10-26(11-13-28)18-6-8-27(9-7-18)20(29)25-15-16-4-5-17(24)14-19(16)23/h4-5,14,18H,6-13,15,24H2,1-3H3,(H,25,29). The second-order valence-corrected chi connectivity index (χ2v) is 9.23. The zero-order valence-electron chi connectivity index (χ0n) is 18.7. The molecule has 2 heterocycles. The van der Waals surface area contributed by atoms with Gasteiger partial charge in [0.1, 0.15) is 11.4 Å². The Bertz CT molecular complexity index is 782. The van der Waals surface area contributed by atoms with E-state index in [0.29, 0.717) is 43.5 Å². The molecule has 3 amide bonds. The molecule has 1 aromatic carbocycles. The molecule has 2 aliphatic rings. The summed E-state index contributed by atoms with van der Waals surface area (Å²) in [5.74, 6) is -0.412. The highest BCUT2D eigenvalue weighted by atomic mass is 19.1. The number of nitrogens with one attached hydrogen (secondary N) is 1. The number of hydrogen-bond acceptors (Lipinski definition) is 5. The molecule has 8 nitrogen and oxygen atoms in total. The molecule has 0 aromatic heterocycles. The van der Waals surface area contributed by atoms with Crippen molar-refractivity contribution in [1.82, 2.24) is 20.0 Å². The van der Waals surface area contributed by atoms with Crippen molar-refractivity contribution in [2.75, 3.05) is 45.0 Å². The minimum atomic E-state index is -0.485. The van der Waals surface area contributed by atoms with Gasteiger partial charge >= 0.3 is 12.1 Å². The van der Waals surface area contributed by atoms with Crippen molar-refractivity contribution in [2.24, 2.45) is 0 Å². The van der Waals surface area contributed by atoms with E-state index >= 15 is 0 Å². The number of anilines is 1. The van der Waals surface area contributed by atoms with E-state index in [-0.39, 0.29) is 18.7 Å². The number of ether oxygens (including phenoxy) is 1. The van der Waals surface area contributed by atoms with Crippen molar-refractivity contribution in [3.8, 4) is 0 Å². The lowest BCUT2D eigenvalue weighted by Crippen LogP contribution is -2.55. The van der Waals surface area contributed by atoms with Gasteiger partial charge in [-0.05, 0) is 45.7 Å². The number of carbonyl (C=O) groups excluding carboxylic acids is 2. The lowest BCUT2D eigenvalue weighted by molar-refractivity contribution is 0.00670. The van der Waals surface area contributed by atoms with E-state index in [0.717, 1.165) is 25.9 Å². The molecule has 0 bridgehead atoms. The van der Waals surface area contributed by atoms with Gasteiger partial charge in [0.15, 0.2) is 0 Å². The van der Waals surface area contributed by atoms with Crippen LogP contribution < -0.4 is 11.1 Å². The van der Waals surface area contributed by atoms with Crippen LogP contribution in [0.15, 0.2) is 18.2 Å². The Balaban J connectivity index is 1.39. The first-order valence-corrected chi connectivity index (χ1v) is 10.9. The van der Waals surface area contributed by atoms with Crippen molar-refractivity contribution >= 4 is 17.8 Å². The van der Waals surface area contributed by atoms with E-state index in [1.165, 1.54) is 6.07 Å². The SMILES string of the molecule is CC(C)(C)OC(=O)N1CCN(C2CCN(C(=O)NCc3ccc(N)cc3F)CC2)CC1. The Morgan fingerprint density at radius 2 is 1.74 bits per heavy atom. The zero-order chi connectivity index (χ0) is 22.6. The summed E-state index contributed by atoms with van der Waals surface area (Å²) >= 11 is 0. The fourth-order valence-corrected chi connectivity index (χ4v) is 4.02. The van der Waals surface area contributed by atoms with Crippen LogP contribution in [0.25, 0.3) is 0 Å². The van der Waals surface area contributed by atoms with Gasteiger partial charge in [0, 0.05) is 63.1 Å². The summed E-state index contributed by atoms with van der Waals surface area (Å²) < 4.78 is 19.3. The number of carbonyl (C=O) groups is 2. The number of halogens is 1. The Morgan fingerprint density at radius 1 is 1.10 bits per heavy atom. The minimum Gasteiger partial charge on any atom is -0.444 e. The van der Waals surface area contributed by atoms with Crippen LogP contribution in [0.3, 0.4) is 0 Å². The van der Waals surface area contributed by atoms with Gasteiger partial charge in [-0.2, -0.15) is 0 Å². The van der Waals surface area contributed by atoms with Crippen molar-refractivity contribution in [1.29, 1.82) is 0 Å². The van der Waals surface area contributed by atoms with Gasteiger partial charge in [-0.15, -0.1) is 0 Å². The number of urea groups is 1. The number of nitrogens with two attached hydrogens (primary N) is 1. The molecule has 31 heavy (non-hydrogen) atoms. The highest BCUT2D eigenvalue weighted by Crippen LogP contribution is 2.20. The Labute approximate surface area is 183 Å². The van der Waals surface area contributed by atoms with Crippen molar-refractivity contribution < 1.29 is 18.7 Å². The normalized spacial score (nSPS) is 18.7. The van der Waals surface area contributed by atoms with Crippen LogP contribution in [0.2, 0.25) is 0 Å². The van der Waals surface area contributed by atoms with E-state index < -0.39 is 11.4 Å². The molecule has 3 rings (SSSR count). The summed E-state index contributed by atoms with van der Waals surface area (Å²) in [7, 11) is 0. The average molecular weight is 436 g/mol. The number of nitrogens with zero attached hydrogens (tertiary/aromatic N) is 3. The van der Waals surface area contributed by atoms with E-state index in [4.69, 9.17) is 10.5 Å². The number of likely N-dealkylation sites (tertiary alicyclic amines) is 1. The molecule has 9 heteroatoms. The van der Waals surface area contributed by atoms with E-state index in [1.807, 2.05) is 20.8 Å². The lowest BCUT2D eigenvalue weighted by atomic mass is 10.0. The number of nitrogen functional groups attached to an aromatic ring is 1. The largest absolute Gasteiger partial charge is 0.444 e. The third-order valence-electron chi connectivity index (χ3n) is 5.74. The minimum absolute atomic E-state index is 0.136. The number of piperidine rings is 1. The molecule has 2 fully saturated rings. The van der Waals surface area contributed by atoms with Crippen LogP contribution in [0.5, 0.6) is 0 Å². The molecular weight excluding hydrogens is 401 g/mol. The number of rotatable bonds is 3. The average Bonchev–Trinajstić information content (AvgIpc) is 2.72. The molecular formula is C22H34FN5O3. The number of hydrogen-bond donors (Lipinski definition) is 2. The van der Waals surface area contributed by atoms with Crippen LogP contribution in [-0.2, 0) is 11.3 Å². The quantitative estimate of drug-likeness (QED) is 0.713. The van der Waals surface area contributed by atoms with Crippen LogP contribution in [0, 0.1) is 5.82 Å². The van der Waals surface area contributed by atoms with Gasteiger partial charge in [-0.25, -0.2) is 14.0 Å². The maximum Gasteiger partial charge on any atom is 0.410 e. The lowest BCUT2D eigenvalue weighted by Gasteiger charge is -2.42. The highest BCUT2D eigenvalue weighted by Gasteiger charge is 2.31. The molecule has 0 radical (unpaired) electrons. The number of piperazine rings is 1. The maximum atomic E-state index is 13.9. The van der Waals surface area contributed by atoms with Crippen molar-refractivity contribution in [2.45, 2.75) is 51.8 Å². The van der Waals surface area contributed by atoms with E-state index in [2.05, 4.69) is 10.2 Å². The van der Waals surface area contributed by atoms with Crippen LogP contribution in [0.4, 0.5) is 19.7 Å². The molecule has 1 aromatic rings. The highest BCUT2D eigenvalue weighted by molar-refractivity contribution is 5.74. The fourth-order valence-electron chi connectivity index (χ4n) is 4.02. The van der Waals surface area contributed by atoms with Gasteiger partial charge < -0.3 is 25.6 Å². The van der Waals surface area contributed by atoms with Crippen molar-refractivity contribution in [3.05, 3.63) is 29.6 Å². The number of amides is 3. The molecule has 2 saturated heterocycles. The molecule has 172 valence electrons. The van der Waals surface area contributed by atoms with Gasteiger partial charge in [0.25, 0.3) is 0 Å². The molecule has 0 aliphatic carbocycles. The van der Waals surface area contributed by atoms with Gasteiger partial charge in [0.2, 0.25) is 0 Å². The van der Waals surface area contributed by atoms with Crippen LogP contribution in [0.1, 0.15) is 39.2 Å². The Kier molecular flexibility index (Phi) is 7.25. The second kappa shape index (κ2) is 9.72. The first-order chi connectivity index (χ1) is 14.6. The van der Waals surface area contributed by atoms with Crippen LogP contribution >= 0.6 is 0 Å². The molecule has 0 unspecified atom stereocenters. The second-order valence-electron chi connectivity index (χ2n) is 9.23. The molecule has 0 saturated carbocycles. The molecule has 3 N–H and O–H groups in total. The fraction of sp³-hybridized carbons (Fsp3) is 0.636. The predicted molar refractivity (Wildman–Crippen MR) is 117 cm³/mol. The Hall–Kier alpha value is -2.55. The third-order valence-corrected chi connectivity index (χ3v) is 5.74. The first-order valence-electron chi connectivity index (χ1n) is 10.9. The molecule has 0 spiro atoms. The summed E-state index contributed by atoms with van der Waals surface area (Å²) in [5.41, 5.74) is 5.85. The summed E-state index contributed by atoms with van der Waals surface area (Å²) in [6.07, 6.45) is 1.52. The molecule has 0 atom stereocenters. The van der Waals surface area contributed by atoms with E-state index in [1.54, 1.807) is 21.9 Å². The van der Waals surface area contributed by atoms with Crippen LogP contribution in [-0.4, -0.2) is 77.7 Å².